The molecular weight excluding hydrogens is 322 g/mol. The zero-order valence-electron chi connectivity index (χ0n) is 9.58. The van der Waals surface area contributed by atoms with E-state index in [1.165, 1.54) is 30.4 Å². The van der Waals surface area contributed by atoms with Crippen LogP contribution in [0, 0.1) is 11.6 Å². The number of hydrogen-bond acceptors (Lipinski definition) is 2. The summed E-state index contributed by atoms with van der Waals surface area (Å²) in [7, 11) is 0. The third kappa shape index (κ3) is 2.63. The first-order valence-corrected chi connectivity index (χ1v) is 6.98. The molecule has 0 aliphatic carbocycles. The highest BCUT2D eigenvalue weighted by Crippen LogP contribution is 2.33. The molecule has 1 atom stereocenters. The lowest BCUT2D eigenvalue weighted by molar-refractivity contribution is 0.0537. The Labute approximate surface area is 116 Å². The van der Waals surface area contributed by atoms with Crippen LogP contribution in [0.3, 0.4) is 0 Å². The van der Waals surface area contributed by atoms with E-state index in [1.54, 1.807) is 0 Å². The molecule has 1 heterocycles. The molecule has 1 N–H and O–H groups in total. The zero-order chi connectivity index (χ0) is 13.3. The van der Waals surface area contributed by atoms with Gasteiger partial charge in [0.2, 0.25) is 0 Å². The number of thiophene rings is 1. The monoisotopic (exact) mass is 332 g/mol. The molecule has 1 unspecified atom stereocenters. The van der Waals surface area contributed by atoms with E-state index in [-0.39, 0.29) is 12.0 Å². The molecule has 0 aliphatic rings. The zero-order valence-corrected chi connectivity index (χ0v) is 12.0. The average Bonchev–Trinajstić information content (AvgIpc) is 2.67. The van der Waals surface area contributed by atoms with Crippen molar-refractivity contribution in [2.24, 2.45) is 0 Å². The second kappa shape index (κ2) is 5.07. The molecule has 2 rings (SSSR count). The summed E-state index contributed by atoms with van der Waals surface area (Å²) >= 11 is 4.81. The predicted molar refractivity (Wildman–Crippen MR) is 71.7 cm³/mol. The number of rotatable bonds is 3. The largest absolute Gasteiger partial charge is 0.385 e. The molecule has 1 aromatic heterocycles. The Morgan fingerprint density at radius 1 is 1.33 bits per heavy atom. The van der Waals surface area contributed by atoms with Crippen LogP contribution >= 0.6 is 27.3 Å². The first kappa shape index (κ1) is 13.6. The lowest BCUT2D eigenvalue weighted by atomic mass is 9.91. The highest BCUT2D eigenvalue weighted by Gasteiger charge is 2.29. The van der Waals surface area contributed by atoms with Gasteiger partial charge in [-0.2, -0.15) is 0 Å². The summed E-state index contributed by atoms with van der Waals surface area (Å²) < 4.78 is 27.7. The van der Waals surface area contributed by atoms with E-state index in [0.29, 0.717) is 0 Å². The minimum atomic E-state index is -1.44. The van der Waals surface area contributed by atoms with Crippen LogP contribution in [0.4, 0.5) is 8.78 Å². The fraction of sp³-hybridized carbons (Fsp3) is 0.231. The van der Waals surface area contributed by atoms with Crippen LogP contribution in [0.25, 0.3) is 0 Å². The molecular formula is C13H11BrF2OS. The lowest BCUT2D eigenvalue weighted by Crippen LogP contribution is -2.25. The van der Waals surface area contributed by atoms with Crippen molar-refractivity contribution in [3.8, 4) is 0 Å². The smallest absolute Gasteiger partial charge is 0.164 e. The maximum atomic E-state index is 13.7. The highest BCUT2D eigenvalue weighted by molar-refractivity contribution is 9.10. The van der Waals surface area contributed by atoms with Crippen molar-refractivity contribution < 1.29 is 13.9 Å². The average molecular weight is 333 g/mol. The van der Waals surface area contributed by atoms with Crippen LogP contribution in [0.1, 0.15) is 17.4 Å². The standard InChI is InChI=1S/C13H11BrF2OS/c1-13(17,7-11-9(14)5-6-18-11)8-3-2-4-10(15)12(8)16/h2-6,17H,7H2,1H3. The molecule has 0 bridgehead atoms. The summed E-state index contributed by atoms with van der Waals surface area (Å²) in [6, 6.07) is 5.69. The van der Waals surface area contributed by atoms with Gasteiger partial charge >= 0.3 is 0 Å². The highest BCUT2D eigenvalue weighted by atomic mass is 79.9. The Morgan fingerprint density at radius 2 is 2.06 bits per heavy atom. The molecule has 0 aliphatic heterocycles. The van der Waals surface area contributed by atoms with Gasteiger partial charge in [-0.05, 0) is 40.4 Å². The molecule has 0 radical (unpaired) electrons. The first-order valence-electron chi connectivity index (χ1n) is 5.30. The van der Waals surface area contributed by atoms with Crippen molar-refractivity contribution in [2.75, 3.05) is 0 Å². The second-order valence-corrected chi connectivity index (χ2v) is 6.10. The molecule has 0 saturated carbocycles. The Morgan fingerprint density at radius 3 is 2.67 bits per heavy atom. The molecule has 2 aromatic rings. The Hall–Kier alpha value is -0.780. The van der Waals surface area contributed by atoms with Crippen molar-refractivity contribution in [2.45, 2.75) is 18.9 Å². The minimum absolute atomic E-state index is 0.0252. The van der Waals surface area contributed by atoms with Crippen molar-refractivity contribution in [1.29, 1.82) is 0 Å². The number of hydrogen-bond donors (Lipinski definition) is 1. The molecule has 5 heteroatoms. The van der Waals surface area contributed by atoms with Gasteiger partial charge in [0.05, 0.1) is 5.60 Å². The first-order chi connectivity index (χ1) is 8.42. The summed E-state index contributed by atoms with van der Waals surface area (Å²) in [5.41, 5.74) is -1.47. The van der Waals surface area contributed by atoms with Crippen LogP contribution in [0.15, 0.2) is 34.1 Å². The van der Waals surface area contributed by atoms with E-state index in [1.807, 2.05) is 11.4 Å². The predicted octanol–water partition coefficient (Wildman–Crippen LogP) is 4.24. The molecule has 96 valence electrons. The maximum Gasteiger partial charge on any atom is 0.164 e. The molecule has 18 heavy (non-hydrogen) atoms. The lowest BCUT2D eigenvalue weighted by Gasteiger charge is -2.24. The second-order valence-electron chi connectivity index (χ2n) is 4.24. The summed E-state index contributed by atoms with van der Waals surface area (Å²) in [6.45, 7) is 1.48. The van der Waals surface area contributed by atoms with Gasteiger partial charge in [-0.25, -0.2) is 8.78 Å². The fourth-order valence-corrected chi connectivity index (χ4v) is 3.42. The number of halogens is 3. The van der Waals surface area contributed by atoms with Crippen molar-refractivity contribution in [3.63, 3.8) is 0 Å². The third-order valence-electron chi connectivity index (χ3n) is 2.73. The fourth-order valence-electron chi connectivity index (χ4n) is 1.78. The van der Waals surface area contributed by atoms with Gasteiger partial charge in [-0.15, -0.1) is 11.3 Å². The third-order valence-corrected chi connectivity index (χ3v) is 4.65. The summed E-state index contributed by atoms with van der Waals surface area (Å²) in [4.78, 5) is 0.892. The summed E-state index contributed by atoms with van der Waals surface area (Å²) in [6.07, 6.45) is 0.228. The normalized spacial score (nSPS) is 14.5. The summed E-state index contributed by atoms with van der Waals surface area (Å²) in [5.74, 6) is -1.94. The van der Waals surface area contributed by atoms with Gasteiger partial charge in [0, 0.05) is 21.3 Å². The quantitative estimate of drug-likeness (QED) is 0.891. The van der Waals surface area contributed by atoms with E-state index in [2.05, 4.69) is 15.9 Å². The molecule has 1 aromatic carbocycles. The number of aliphatic hydroxyl groups is 1. The van der Waals surface area contributed by atoms with E-state index >= 15 is 0 Å². The van der Waals surface area contributed by atoms with Crippen molar-refractivity contribution in [3.05, 3.63) is 56.2 Å². The van der Waals surface area contributed by atoms with Gasteiger partial charge in [0.15, 0.2) is 11.6 Å². The van der Waals surface area contributed by atoms with E-state index < -0.39 is 17.2 Å². The van der Waals surface area contributed by atoms with Crippen LogP contribution in [-0.4, -0.2) is 5.11 Å². The van der Waals surface area contributed by atoms with Gasteiger partial charge in [-0.3, -0.25) is 0 Å². The van der Waals surface area contributed by atoms with Crippen molar-refractivity contribution >= 4 is 27.3 Å². The maximum absolute atomic E-state index is 13.7. The van der Waals surface area contributed by atoms with E-state index in [4.69, 9.17) is 0 Å². The van der Waals surface area contributed by atoms with Gasteiger partial charge in [0.25, 0.3) is 0 Å². The van der Waals surface area contributed by atoms with Crippen molar-refractivity contribution in [1.82, 2.24) is 0 Å². The van der Waals surface area contributed by atoms with Gasteiger partial charge in [-0.1, -0.05) is 12.1 Å². The van der Waals surface area contributed by atoms with Crippen LogP contribution < -0.4 is 0 Å². The molecule has 0 fully saturated rings. The Kier molecular flexibility index (Phi) is 3.84. The van der Waals surface area contributed by atoms with Gasteiger partial charge < -0.3 is 5.11 Å². The van der Waals surface area contributed by atoms with Crippen LogP contribution in [0.2, 0.25) is 0 Å². The Bertz CT molecular complexity index is 566. The topological polar surface area (TPSA) is 20.2 Å². The van der Waals surface area contributed by atoms with Crippen LogP contribution in [0.5, 0.6) is 0 Å². The van der Waals surface area contributed by atoms with E-state index in [0.717, 1.165) is 15.4 Å². The molecule has 0 saturated heterocycles. The molecule has 0 spiro atoms. The Balaban J connectivity index is 2.36. The summed E-state index contributed by atoms with van der Waals surface area (Å²) in [5, 5.41) is 12.2. The SMILES string of the molecule is CC(O)(Cc1sccc1Br)c1cccc(F)c1F. The van der Waals surface area contributed by atoms with Gasteiger partial charge in [0.1, 0.15) is 0 Å². The molecule has 1 nitrogen and oxygen atoms in total. The number of benzene rings is 1. The van der Waals surface area contributed by atoms with E-state index in [9.17, 15) is 13.9 Å². The minimum Gasteiger partial charge on any atom is -0.385 e. The van der Waals surface area contributed by atoms with Crippen LogP contribution in [-0.2, 0) is 12.0 Å². The molecule has 0 amide bonds.